The van der Waals surface area contributed by atoms with Gasteiger partial charge < -0.3 is 0 Å². The summed E-state index contributed by atoms with van der Waals surface area (Å²) in [5, 5.41) is 0. The van der Waals surface area contributed by atoms with Crippen molar-refractivity contribution in [2.24, 2.45) is 4.99 Å². The minimum atomic E-state index is 0.948. The van der Waals surface area contributed by atoms with Gasteiger partial charge in [-0.2, -0.15) is 0 Å². The fourth-order valence-electron chi connectivity index (χ4n) is 1.98. The lowest BCUT2D eigenvalue weighted by Gasteiger charge is -2.11. The van der Waals surface area contributed by atoms with Crippen molar-refractivity contribution in [3.8, 4) is 0 Å². The first-order valence-corrected chi connectivity index (χ1v) is 6.33. The summed E-state index contributed by atoms with van der Waals surface area (Å²) < 4.78 is 0. The number of rotatable bonds is 5. The molecular formula is C17H21N. The first kappa shape index (κ1) is 14.2. The van der Waals surface area contributed by atoms with Crippen molar-refractivity contribution in [3.05, 3.63) is 65.3 Å². The number of benzene rings is 1. The van der Waals surface area contributed by atoms with Gasteiger partial charge in [0.15, 0.2) is 0 Å². The third-order valence-corrected chi connectivity index (χ3v) is 2.87. The van der Waals surface area contributed by atoms with E-state index in [1.165, 1.54) is 5.57 Å². The third-order valence-electron chi connectivity index (χ3n) is 2.87. The van der Waals surface area contributed by atoms with E-state index in [2.05, 4.69) is 49.8 Å². The van der Waals surface area contributed by atoms with E-state index in [1.54, 1.807) is 0 Å². The summed E-state index contributed by atoms with van der Waals surface area (Å²) in [6.07, 6.45) is 7.28. The number of aliphatic imine (C=N–C) groups is 1. The van der Waals surface area contributed by atoms with Gasteiger partial charge in [0.05, 0.1) is 5.70 Å². The van der Waals surface area contributed by atoms with Crippen LogP contribution in [0.15, 0.2) is 64.7 Å². The molecule has 0 aliphatic carbocycles. The van der Waals surface area contributed by atoms with E-state index in [0.717, 1.165) is 23.3 Å². The molecule has 0 heterocycles. The molecule has 1 aromatic carbocycles. The Morgan fingerprint density at radius 3 is 2.33 bits per heavy atom. The molecule has 0 aromatic heterocycles. The van der Waals surface area contributed by atoms with Crippen LogP contribution in [0.2, 0.25) is 0 Å². The summed E-state index contributed by atoms with van der Waals surface area (Å²) in [6, 6.07) is 10.2. The van der Waals surface area contributed by atoms with Gasteiger partial charge in [0.1, 0.15) is 0 Å². The molecule has 0 saturated carbocycles. The average molecular weight is 239 g/mol. The van der Waals surface area contributed by atoms with Crippen LogP contribution < -0.4 is 0 Å². The van der Waals surface area contributed by atoms with Gasteiger partial charge in [0.25, 0.3) is 0 Å². The van der Waals surface area contributed by atoms with E-state index in [9.17, 15) is 0 Å². The second-order valence-corrected chi connectivity index (χ2v) is 3.95. The van der Waals surface area contributed by atoms with Crippen LogP contribution in [0.3, 0.4) is 0 Å². The summed E-state index contributed by atoms with van der Waals surface area (Å²) in [4.78, 5) is 4.23. The van der Waals surface area contributed by atoms with Crippen LogP contribution in [0, 0.1) is 0 Å². The summed E-state index contributed by atoms with van der Waals surface area (Å²) in [5.74, 6) is 0. The number of hydrogen-bond donors (Lipinski definition) is 0. The van der Waals surface area contributed by atoms with E-state index in [1.807, 2.05) is 31.2 Å². The molecule has 0 aliphatic rings. The van der Waals surface area contributed by atoms with Gasteiger partial charge in [-0.15, -0.1) is 0 Å². The molecule has 0 atom stereocenters. The highest BCUT2D eigenvalue weighted by Crippen LogP contribution is 2.27. The Labute approximate surface area is 110 Å². The van der Waals surface area contributed by atoms with E-state index >= 15 is 0 Å². The highest BCUT2D eigenvalue weighted by molar-refractivity contribution is 5.76. The van der Waals surface area contributed by atoms with Gasteiger partial charge in [-0.05, 0) is 32.6 Å². The second-order valence-electron chi connectivity index (χ2n) is 3.95. The first-order chi connectivity index (χ1) is 8.78. The molecule has 0 fully saturated rings. The van der Waals surface area contributed by atoms with Crippen molar-refractivity contribution in [2.75, 3.05) is 0 Å². The van der Waals surface area contributed by atoms with Gasteiger partial charge in [0, 0.05) is 11.1 Å². The Kier molecular flexibility index (Phi) is 5.86. The van der Waals surface area contributed by atoms with Crippen molar-refractivity contribution in [3.63, 3.8) is 0 Å². The van der Waals surface area contributed by atoms with E-state index in [4.69, 9.17) is 0 Å². The maximum Gasteiger partial charge on any atom is 0.0769 e. The van der Waals surface area contributed by atoms with Gasteiger partial charge >= 0.3 is 0 Å². The lowest BCUT2D eigenvalue weighted by Crippen LogP contribution is -1.92. The fraction of sp³-hybridized carbons (Fsp3) is 0.235. The molecular weight excluding hydrogens is 218 g/mol. The molecule has 18 heavy (non-hydrogen) atoms. The van der Waals surface area contributed by atoms with Gasteiger partial charge in [-0.1, -0.05) is 55.5 Å². The largest absolute Gasteiger partial charge is 0.263 e. The Bertz CT molecular complexity index is 476. The Balaban J connectivity index is 3.45. The monoisotopic (exact) mass is 239 g/mol. The fourth-order valence-corrected chi connectivity index (χ4v) is 1.98. The normalized spacial score (nSPS) is 13.6. The molecule has 0 saturated heterocycles. The lowest BCUT2D eigenvalue weighted by molar-refractivity contribution is 1.11. The van der Waals surface area contributed by atoms with Crippen molar-refractivity contribution in [1.82, 2.24) is 0 Å². The zero-order valence-electron chi connectivity index (χ0n) is 11.5. The second kappa shape index (κ2) is 7.44. The topological polar surface area (TPSA) is 12.4 Å². The van der Waals surface area contributed by atoms with Crippen LogP contribution in [0.25, 0.3) is 5.70 Å². The first-order valence-electron chi connectivity index (χ1n) is 6.33. The smallest absolute Gasteiger partial charge is 0.0769 e. The molecule has 0 spiro atoms. The van der Waals surface area contributed by atoms with E-state index < -0.39 is 0 Å². The number of nitrogens with zero attached hydrogens (tertiary/aromatic N) is 1. The van der Waals surface area contributed by atoms with E-state index in [0.29, 0.717) is 0 Å². The molecule has 0 amide bonds. The quantitative estimate of drug-likeness (QED) is 0.504. The molecule has 0 radical (unpaired) electrons. The summed E-state index contributed by atoms with van der Waals surface area (Å²) in [5.41, 5.74) is 4.50. The van der Waals surface area contributed by atoms with Crippen molar-refractivity contribution >= 4 is 12.4 Å². The predicted octanol–water partition coefficient (Wildman–Crippen LogP) is 5.03. The molecule has 94 valence electrons. The average Bonchev–Trinajstić information content (AvgIpc) is 2.42. The van der Waals surface area contributed by atoms with Crippen molar-refractivity contribution in [1.29, 1.82) is 0 Å². The highest BCUT2D eigenvalue weighted by Gasteiger charge is 2.08. The lowest BCUT2D eigenvalue weighted by atomic mass is 9.97. The van der Waals surface area contributed by atoms with E-state index in [-0.39, 0.29) is 0 Å². The molecule has 1 rings (SSSR count). The highest BCUT2D eigenvalue weighted by atomic mass is 14.7. The molecule has 0 N–H and O–H groups in total. The van der Waals surface area contributed by atoms with Crippen LogP contribution in [0.1, 0.15) is 32.8 Å². The van der Waals surface area contributed by atoms with Crippen LogP contribution in [0.4, 0.5) is 0 Å². The maximum absolute atomic E-state index is 4.23. The van der Waals surface area contributed by atoms with Crippen LogP contribution in [-0.2, 0) is 0 Å². The van der Waals surface area contributed by atoms with Crippen LogP contribution >= 0.6 is 0 Å². The molecule has 0 unspecified atom stereocenters. The van der Waals surface area contributed by atoms with Crippen molar-refractivity contribution in [2.45, 2.75) is 27.2 Å². The minimum absolute atomic E-state index is 0.948. The Morgan fingerprint density at radius 1 is 1.22 bits per heavy atom. The maximum atomic E-state index is 4.23. The number of allylic oxidation sites excluding steroid dienone is 5. The summed E-state index contributed by atoms with van der Waals surface area (Å²) >= 11 is 0. The summed E-state index contributed by atoms with van der Waals surface area (Å²) in [6.45, 7) is 9.97. The molecule has 0 aliphatic heterocycles. The van der Waals surface area contributed by atoms with Crippen LogP contribution in [0.5, 0.6) is 0 Å². The molecule has 0 bridgehead atoms. The Morgan fingerprint density at radius 2 is 1.89 bits per heavy atom. The third kappa shape index (κ3) is 3.30. The standard InChI is InChI=1S/C17H21N/c1-5-11-16(14(6-2)7-3)17(18-4)15-12-9-8-10-13-15/h5-6,8-13H,4,7H2,1-3H3. The van der Waals surface area contributed by atoms with Crippen LogP contribution in [-0.4, -0.2) is 6.72 Å². The predicted molar refractivity (Wildman–Crippen MR) is 81.8 cm³/mol. The van der Waals surface area contributed by atoms with Gasteiger partial charge in [0.2, 0.25) is 0 Å². The summed E-state index contributed by atoms with van der Waals surface area (Å²) in [7, 11) is 0. The molecule has 1 nitrogen and oxygen atoms in total. The van der Waals surface area contributed by atoms with Gasteiger partial charge in [-0.3, -0.25) is 4.99 Å². The zero-order valence-corrected chi connectivity index (χ0v) is 11.5. The SMILES string of the molecule is C=NC(=C(C=CC)C(=CC)CC)c1ccccc1. The van der Waals surface area contributed by atoms with Crippen molar-refractivity contribution < 1.29 is 0 Å². The zero-order chi connectivity index (χ0) is 13.4. The molecule has 1 aromatic rings. The molecule has 1 heteroatoms. The Hall–Kier alpha value is -1.89. The minimum Gasteiger partial charge on any atom is -0.263 e. The van der Waals surface area contributed by atoms with Gasteiger partial charge in [-0.25, -0.2) is 0 Å². The number of hydrogen-bond acceptors (Lipinski definition) is 1.